The maximum Gasteiger partial charge on any atom is 0.431 e. The van der Waals surface area contributed by atoms with Gasteiger partial charge in [-0.15, -0.1) is 0 Å². The minimum atomic E-state index is -6.06. The summed E-state index contributed by atoms with van der Waals surface area (Å²) in [6.07, 6.45) is -13.0. The summed E-state index contributed by atoms with van der Waals surface area (Å²) < 4.78 is 94.8. The van der Waals surface area contributed by atoms with Crippen molar-refractivity contribution in [3.63, 3.8) is 0 Å². The standard InChI is InChI=1S/C24H16ClF7N2O/c25-18-6-1-2-7-19(18)34-20(13-21(33-34)22(35,23(27,28)29)24(30,31)32)15-10-8-14(9-11-15)16-4-3-5-17(26)12-16/h1-12,20,35H,13H2. The van der Waals surface area contributed by atoms with Crippen LogP contribution in [0, 0.1) is 5.82 Å². The number of anilines is 1. The molecule has 1 N–H and O–H groups in total. The van der Waals surface area contributed by atoms with E-state index in [1.54, 1.807) is 18.2 Å². The van der Waals surface area contributed by atoms with Crippen molar-refractivity contribution < 1.29 is 35.8 Å². The van der Waals surface area contributed by atoms with Crippen LogP contribution in [0.4, 0.5) is 36.4 Å². The Labute approximate surface area is 200 Å². The highest BCUT2D eigenvalue weighted by Crippen LogP contribution is 2.49. The Balaban J connectivity index is 1.79. The highest BCUT2D eigenvalue weighted by Gasteiger charge is 2.74. The summed E-state index contributed by atoms with van der Waals surface area (Å²) in [6, 6.07) is 16.5. The summed E-state index contributed by atoms with van der Waals surface area (Å²) in [5.74, 6) is -0.469. The van der Waals surface area contributed by atoms with E-state index in [9.17, 15) is 35.8 Å². The van der Waals surface area contributed by atoms with Gasteiger partial charge in [-0.05, 0) is 41.0 Å². The third-order valence-electron chi connectivity index (χ3n) is 5.70. The normalized spacial score (nSPS) is 17.0. The predicted molar refractivity (Wildman–Crippen MR) is 118 cm³/mol. The molecule has 11 heteroatoms. The summed E-state index contributed by atoms with van der Waals surface area (Å²) in [4.78, 5) is 0. The third kappa shape index (κ3) is 4.48. The van der Waals surface area contributed by atoms with Crippen LogP contribution < -0.4 is 5.01 Å². The van der Waals surface area contributed by atoms with Crippen molar-refractivity contribution in [1.82, 2.24) is 0 Å². The molecule has 35 heavy (non-hydrogen) atoms. The first-order valence-electron chi connectivity index (χ1n) is 10.2. The lowest BCUT2D eigenvalue weighted by atomic mass is 9.89. The van der Waals surface area contributed by atoms with Crippen LogP contribution in [0.25, 0.3) is 11.1 Å². The number of rotatable bonds is 4. The molecule has 3 aromatic carbocycles. The van der Waals surface area contributed by atoms with Gasteiger partial charge in [-0.1, -0.05) is 60.1 Å². The van der Waals surface area contributed by atoms with Crippen LogP contribution in [0.5, 0.6) is 0 Å². The molecule has 0 amide bonds. The Morgan fingerprint density at radius 2 is 1.46 bits per heavy atom. The van der Waals surface area contributed by atoms with E-state index in [1.165, 1.54) is 54.6 Å². The fourth-order valence-corrected chi connectivity index (χ4v) is 4.12. The second-order valence-electron chi connectivity index (χ2n) is 7.90. The summed E-state index contributed by atoms with van der Waals surface area (Å²) in [5, 5.41) is 14.5. The molecule has 1 aliphatic rings. The first-order valence-corrected chi connectivity index (χ1v) is 10.5. The van der Waals surface area contributed by atoms with E-state index < -0.39 is 41.9 Å². The van der Waals surface area contributed by atoms with E-state index in [0.717, 1.165) is 5.01 Å². The molecule has 4 rings (SSSR count). The van der Waals surface area contributed by atoms with Crippen LogP contribution in [-0.4, -0.2) is 28.8 Å². The molecule has 184 valence electrons. The molecule has 0 fully saturated rings. The number of para-hydroxylation sites is 1. The molecule has 0 saturated carbocycles. The van der Waals surface area contributed by atoms with Crippen LogP contribution in [0.3, 0.4) is 0 Å². The Kier molecular flexibility index (Phi) is 6.31. The molecule has 0 aliphatic carbocycles. The molecular formula is C24H16ClF7N2O. The zero-order chi connectivity index (χ0) is 25.6. The van der Waals surface area contributed by atoms with Gasteiger partial charge in [-0.3, -0.25) is 5.01 Å². The zero-order valence-electron chi connectivity index (χ0n) is 17.6. The molecule has 3 nitrogen and oxygen atoms in total. The van der Waals surface area contributed by atoms with Crippen molar-refractivity contribution in [1.29, 1.82) is 0 Å². The maximum absolute atomic E-state index is 13.6. The van der Waals surface area contributed by atoms with Crippen LogP contribution in [0.1, 0.15) is 18.0 Å². The quantitative estimate of drug-likeness (QED) is 0.369. The second kappa shape index (κ2) is 8.83. The van der Waals surface area contributed by atoms with Gasteiger partial charge in [0.1, 0.15) is 5.82 Å². The van der Waals surface area contributed by atoms with Gasteiger partial charge < -0.3 is 5.11 Å². The van der Waals surface area contributed by atoms with Crippen molar-refractivity contribution in [2.24, 2.45) is 5.10 Å². The SMILES string of the molecule is OC(C1=NN(c2ccccc2Cl)C(c2ccc(-c3cccc(F)c3)cc2)C1)(C(F)(F)F)C(F)(F)F. The number of hydrazone groups is 1. The average molecular weight is 517 g/mol. The van der Waals surface area contributed by atoms with Gasteiger partial charge in [0.15, 0.2) is 0 Å². The first kappa shape index (κ1) is 25.0. The molecule has 1 atom stereocenters. The first-order chi connectivity index (χ1) is 16.3. The minimum Gasteiger partial charge on any atom is -0.369 e. The van der Waals surface area contributed by atoms with E-state index >= 15 is 0 Å². The molecular weight excluding hydrogens is 501 g/mol. The summed E-state index contributed by atoms with van der Waals surface area (Å²) in [7, 11) is 0. The number of hydrogen-bond donors (Lipinski definition) is 1. The van der Waals surface area contributed by atoms with E-state index in [1.807, 2.05) is 0 Å². The summed E-state index contributed by atoms with van der Waals surface area (Å²) in [5.41, 5.74) is -5.15. The fourth-order valence-electron chi connectivity index (χ4n) is 3.90. The Bertz CT molecular complexity index is 1240. The van der Waals surface area contributed by atoms with Crippen LogP contribution >= 0.6 is 11.6 Å². The van der Waals surface area contributed by atoms with Gasteiger partial charge in [0.2, 0.25) is 0 Å². The smallest absolute Gasteiger partial charge is 0.369 e. The lowest BCUT2D eigenvalue weighted by Crippen LogP contribution is -2.62. The molecule has 0 saturated heterocycles. The number of benzene rings is 3. The number of alkyl halides is 6. The van der Waals surface area contributed by atoms with Gasteiger partial charge >= 0.3 is 12.4 Å². The maximum atomic E-state index is 13.6. The van der Waals surface area contributed by atoms with E-state index in [2.05, 4.69) is 5.10 Å². The molecule has 0 aromatic heterocycles. The molecule has 0 radical (unpaired) electrons. The fraction of sp³-hybridized carbons (Fsp3) is 0.208. The number of nitrogens with zero attached hydrogens (tertiary/aromatic N) is 2. The molecule has 0 bridgehead atoms. The zero-order valence-corrected chi connectivity index (χ0v) is 18.3. The molecule has 1 aliphatic heterocycles. The number of halogens is 8. The summed E-state index contributed by atoms with van der Waals surface area (Å²) in [6.45, 7) is 0. The minimum absolute atomic E-state index is 0.0430. The van der Waals surface area contributed by atoms with Gasteiger partial charge in [0.05, 0.1) is 22.5 Å². The van der Waals surface area contributed by atoms with Crippen LogP contribution in [0.15, 0.2) is 77.9 Å². The average Bonchev–Trinajstić information content (AvgIpc) is 3.23. The van der Waals surface area contributed by atoms with E-state index in [4.69, 9.17) is 11.6 Å². The Hall–Kier alpha value is -3.11. The van der Waals surface area contributed by atoms with Crippen LogP contribution in [-0.2, 0) is 0 Å². The third-order valence-corrected chi connectivity index (χ3v) is 6.02. The van der Waals surface area contributed by atoms with Crippen molar-refractivity contribution >= 4 is 23.0 Å². The van der Waals surface area contributed by atoms with Crippen molar-refractivity contribution in [2.75, 3.05) is 5.01 Å². The molecule has 1 unspecified atom stereocenters. The van der Waals surface area contributed by atoms with Crippen molar-refractivity contribution in [3.05, 3.63) is 89.2 Å². The number of hydrogen-bond acceptors (Lipinski definition) is 3. The monoisotopic (exact) mass is 516 g/mol. The molecule has 1 heterocycles. The largest absolute Gasteiger partial charge is 0.431 e. The lowest BCUT2D eigenvalue weighted by molar-refractivity contribution is -0.338. The molecule has 3 aromatic rings. The van der Waals surface area contributed by atoms with Crippen molar-refractivity contribution in [3.8, 4) is 11.1 Å². The molecule has 0 spiro atoms. The predicted octanol–water partition coefficient (Wildman–Crippen LogP) is 7.31. The van der Waals surface area contributed by atoms with Gasteiger partial charge in [0.25, 0.3) is 5.60 Å². The Morgan fingerprint density at radius 1 is 0.829 bits per heavy atom. The lowest BCUT2D eigenvalue weighted by Gasteiger charge is -2.32. The van der Waals surface area contributed by atoms with E-state index in [-0.39, 0.29) is 10.7 Å². The highest BCUT2D eigenvalue weighted by molar-refractivity contribution is 6.33. The Morgan fingerprint density at radius 3 is 2.03 bits per heavy atom. The summed E-state index contributed by atoms with van der Waals surface area (Å²) >= 11 is 6.17. The van der Waals surface area contributed by atoms with Crippen LogP contribution in [0.2, 0.25) is 5.02 Å². The highest BCUT2D eigenvalue weighted by atomic mass is 35.5. The van der Waals surface area contributed by atoms with Crippen molar-refractivity contribution in [2.45, 2.75) is 30.4 Å². The van der Waals surface area contributed by atoms with Gasteiger partial charge in [-0.25, -0.2) is 4.39 Å². The second-order valence-corrected chi connectivity index (χ2v) is 8.31. The number of aliphatic hydroxyl groups is 1. The van der Waals surface area contributed by atoms with E-state index in [0.29, 0.717) is 16.7 Å². The van der Waals surface area contributed by atoms with Gasteiger partial charge in [0, 0.05) is 6.42 Å². The van der Waals surface area contributed by atoms with Gasteiger partial charge in [-0.2, -0.15) is 31.4 Å². The topological polar surface area (TPSA) is 35.8 Å².